The normalized spacial score (nSPS) is 11.6. The maximum Gasteiger partial charge on any atom is 0.147 e. The molecule has 0 aliphatic rings. The topological polar surface area (TPSA) is 30.7 Å². The standard InChI is InChI=1S/C33H25N3S/c1-20-15-25(16-21(2)32(20)23-9-5-4-6-10-23)36-30-12-8-7-11-28(30)35-33(36)27-19-37-31-18-29-24(17-26(27)31)14-13-22(3)34-29/h4-19H,1-3H3. The lowest BCUT2D eigenvalue weighted by molar-refractivity contribution is 1.10. The smallest absolute Gasteiger partial charge is 0.147 e. The maximum atomic E-state index is 5.17. The first-order valence-corrected chi connectivity index (χ1v) is 13.4. The van der Waals surface area contributed by atoms with Gasteiger partial charge in [-0.25, -0.2) is 4.98 Å². The highest BCUT2D eigenvalue weighted by molar-refractivity contribution is 7.17. The molecule has 0 fully saturated rings. The van der Waals surface area contributed by atoms with E-state index < -0.39 is 0 Å². The number of para-hydroxylation sites is 2. The summed E-state index contributed by atoms with van der Waals surface area (Å²) in [5, 5.41) is 4.61. The van der Waals surface area contributed by atoms with Gasteiger partial charge < -0.3 is 0 Å². The minimum atomic E-state index is 0.970. The van der Waals surface area contributed by atoms with Crippen LogP contribution in [0.5, 0.6) is 0 Å². The summed E-state index contributed by atoms with van der Waals surface area (Å²) in [6.45, 7) is 6.45. The second kappa shape index (κ2) is 8.39. The van der Waals surface area contributed by atoms with E-state index in [-0.39, 0.29) is 0 Å². The lowest BCUT2D eigenvalue weighted by Crippen LogP contribution is -2.00. The first-order valence-electron chi connectivity index (χ1n) is 12.5. The number of hydrogen-bond acceptors (Lipinski definition) is 3. The van der Waals surface area contributed by atoms with Crippen LogP contribution in [0.1, 0.15) is 16.8 Å². The molecular weight excluding hydrogens is 470 g/mol. The molecule has 0 saturated heterocycles. The zero-order chi connectivity index (χ0) is 25.1. The predicted molar refractivity (Wildman–Crippen MR) is 157 cm³/mol. The highest BCUT2D eigenvalue weighted by Crippen LogP contribution is 2.39. The summed E-state index contributed by atoms with van der Waals surface area (Å²) in [7, 11) is 0. The van der Waals surface area contributed by atoms with Crippen molar-refractivity contribution in [2.75, 3.05) is 0 Å². The van der Waals surface area contributed by atoms with Crippen LogP contribution in [0.4, 0.5) is 0 Å². The van der Waals surface area contributed by atoms with Crippen molar-refractivity contribution in [1.82, 2.24) is 14.5 Å². The van der Waals surface area contributed by atoms with Crippen molar-refractivity contribution in [3.63, 3.8) is 0 Å². The summed E-state index contributed by atoms with van der Waals surface area (Å²) in [4.78, 5) is 9.92. The number of benzene rings is 4. The molecule has 3 aromatic heterocycles. The number of rotatable bonds is 3. The molecule has 178 valence electrons. The minimum Gasteiger partial charge on any atom is -0.292 e. The summed E-state index contributed by atoms with van der Waals surface area (Å²) in [5.41, 5.74) is 11.5. The minimum absolute atomic E-state index is 0.970. The second-order valence-corrected chi connectivity index (χ2v) is 10.6. The quantitative estimate of drug-likeness (QED) is 0.245. The number of hydrogen-bond donors (Lipinski definition) is 0. The number of imidazole rings is 1. The zero-order valence-electron chi connectivity index (χ0n) is 21.0. The molecule has 3 nitrogen and oxygen atoms in total. The van der Waals surface area contributed by atoms with E-state index in [1.54, 1.807) is 11.3 Å². The van der Waals surface area contributed by atoms with Crippen molar-refractivity contribution in [2.45, 2.75) is 20.8 Å². The van der Waals surface area contributed by atoms with E-state index in [9.17, 15) is 0 Å². The van der Waals surface area contributed by atoms with Gasteiger partial charge in [0.1, 0.15) is 5.82 Å². The third-order valence-corrected chi connectivity index (χ3v) is 8.11. The SMILES string of the molecule is Cc1ccc2cc3c(-c4nc5ccccc5n4-c4cc(C)c(-c5ccccc5)c(C)c4)csc3cc2n1. The molecule has 0 saturated carbocycles. The van der Waals surface area contributed by atoms with Crippen LogP contribution in [0.25, 0.3) is 60.2 Å². The fourth-order valence-corrected chi connectivity index (χ4v) is 6.47. The average molecular weight is 496 g/mol. The molecule has 7 aromatic rings. The van der Waals surface area contributed by atoms with Crippen LogP contribution in [-0.4, -0.2) is 14.5 Å². The molecule has 0 bridgehead atoms. The third kappa shape index (κ3) is 3.56. The fraction of sp³-hybridized carbons (Fsp3) is 0.0909. The summed E-state index contributed by atoms with van der Waals surface area (Å²) < 4.78 is 3.55. The molecule has 0 aliphatic carbocycles. The van der Waals surface area contributed by atoms with Crippen LogP contribution in [0.3, 0.4) is 0 Å². The highest BCUT2D eigenvalue weighted by atomic mass is 32.1. The Bertz CT molecular complexity index is 1940. The molecule has 0 N–H and O–H groups in total. The second-order valence-electron chi connectivity index (χ2n) is 9.72. The number of aryl methyl sites for hydroxylation is 3. The molecule has 3 heterocycles. The number of nitrogens with zero attached hydrogens (tertiary/aromatic N) is 3. The Morgan fingerprint density at radius 2 is 1.46 bits per heavy atom. The van der Waals surface area contributed by atoms with Crippen LogP contribution in [0, 0.1) is 20.8 Å². The first-order chi connectivity index (χ1) is 18.1. The molecular formula is C33H25N3S. The van der Waals surface area contributed by atoms with E-state index in [0.29, 0.717) is 0 Å². The van der Waals surface area contributed by atoms with E-state index in [4.69, 9.17) is 9.97 Å². The van der Waals surface area contributed by atoms with Gasteiger partial charge in [0.15, 0.2) is 0 Å². The molecule has 4 aromatic carbocycles. The summed E-state index contributed by atoms with van der Waals surface area (Å²) in [6, 6.07) is 32.4. The van der Waals surface area contributed by atoms with Gasteiger partial charge in [0.2, 0.25) is 0 Å². The summed E-state index contributed by atoms with van der Waals surface area (Å²) in [6.07, 6.45) is 0. The lowest BCUT2D eigenvalue weighted by atomic mass is 9.95. The van der Waals surface area contributed by atoms with E-state index in [0.717, 1.165) is 44.7 Å². The van der Waals surface area contributed by atoms with Gasteiger partial charge in [-0.1, -0.05) is 48.5 Å². The van der Waals surface area contributed by atoms with Crippen molar-refractivity contribution < 1.29 is 0 Å². The molecule has 0 radical (unpaired) electrons. The number of aromatic nitrogens is 3. The van der Waals surface area contributed by atoms with Crippen molar-refractivity contribution in [1.29, 1.82) is 0 Å². The number of fused-ring (bicyclic) bond motifs is 3. The highest BCUT2D eigenvalue weighted by Gasteiger charge is 2.19. The predicted octanol–water partition coefficient (Wildman–Crippen LogP) is 9.05. The average Bonchev–Trinajstić information content (AvgIpc) is 3.48. The van der Waals surface area contributed by atoms with Gasteiger partial charge in [0.05, 0.1) is 16.6 Å². The van der Waals surface area contributed by atoms with Crippen LogP contribution < -0.4 is 0 Å². The number of pyridine rings is 1. The Balaban J connectivity index is 1.48. The monoisotopic (exact) mass is 495 g/mol. The molecule has 0 spiro atoms. The van der Waals surface area contributed by atoms with E-state index in [1.165, 1.54) is 32.3 Å². The molecule has 0 atom stereocenters. The molecule has 4 heteroatoms. The molecule has 0 unspecified atom stereocenters. The lowest BCUT2D eigenvalue weighted by Gasteiger charge is -2.16. The van der Waals surface area contributed by atoms with Gasteiger partial charge in [-0.2, -0.15) is 0 Å². The van der Waals surface area contributed by atoms with Gasteiger partial charge in [-0.05, 0) is 85.5 Å². The van der Waals surface area contributed by atoms with E-state index >= 15 is 0 Å². The van der Waals surface area contributed by atoms with Crippen LogP contribution in [0.2, 0.25) is 0 Å². The van der Waals surface area contributed by atoms with E-state index in [1.807, 2.05) is 6.92 Å². The third-order valence-electron chi connectivity index (χ3n) is 7.16. The van der Waals surface area contributed by atoms with Crippen LogP contribution in [0.15, 0.2) is 96.4 Å². The molecule has 37 heavy (non-hydrogen) atoms. The van der Waals surface area contributed by atoms with Crippen LogP contribution in [-0.2, 0) is 0 Å². The van der Waals surface area contributed by atoms with Crippen molar-refractivity contribution in [3.05, 3.63) is 113 Å². The Labute approximate surface area is 219 Å². The first kappa shape index (κ1) is 22.0. The summed E-state index contributed by atoms with van der Waals surface area (Å²) >= 11 is 1.76. The van der Waals surface area contributed by atoms with Gasteiger partial charge in [0.25, 0.3) is 0 Å². The van der Waals surface area contributed by atoms with Crippen molar-refractivity contribution in [2.24, 2.45) is 0 Å². The zero-order valence-corrected chi connectivity index (χ0v) is 21.8. The summed E-state index contributed by atoms with van der Waals surface area (Å²) in [5.74, 6) is 0.970. The van der Waals surface area contributed by atoms with Gasteiger partial charge in [-0.15, -0.1) is 11.3 Å². The van der Waals surface area contributed by atoms with Crippen molar-refractivity contribution in [3.8, 4) is 28.2 Å². The molecule has 0 aliphatic heterocycles. The molecule has 0 amide bonds. The van der Waals surface area contributed by atoms with Gasteiger partial charge >= 0.3 is 0 Å². The van der Waals surface area contributed by atoms with Gasteiger partial charge in [-0.3, -0.25) is 9.55 Å². The Morgan fingerprint density at radius 1 is 0.703 bits per heavy atom. The molecule has 7 rings (SSSR count). The Morgan fingerprint density at radius 3 is 2.27 bits per heavy atom. The van der Waals surface area contributed by atoms with E-state index in [2.05, 4.69) is 115 Å². The largest absolute Gasteiger partial charge is 0.292 e. The fourth-order valence-electron chi connectivity index (χ4n) is 5.52. The Hall–Kier alpha value is -4.28. The van der Waals surface area contributed by atoms with Crippen molar-refractivity contribution >= 4 is 43.4 Å². The number of thiophene rings is 1. The van der Waals surface area contributed by atoms with Crippen LogP contribution >= 0.6 is 11.3 Å². The Kier molecular flexibility index (Phi) is 4.98. The van der Waals surface area contributed by atoms with Gasteiger partial charge in [0, 0.05) is 37.8 Å². The maximum absolute atomic E-state index is 5.17.